The van der Waals surface area contributed by atoms with Gasteiger partial charge in [-0.05, 0) is 144 Å². The maximum absolute atomic E-state index is 6.69. The van der Waals surface area contributed by atoms with Crippen LogP contribution in [0.4, 0.5) is 0 Å². The van der Waals surface area contributed by atoms with E-state index in [-0.39, 0.29) is 12.0 Å². The Bertz CT molecular complexity index is 1980. The summed E-state index contributed by atoms with van der Waals surface area (Å²) in [5.74, 6) is 0.799. The van der Waals surface area contributed by atoms with Crippen molar-refractivity contribution in [1.29, 1.82) is 0 Å². The summed E-state index contributed by atoms with van der Waals surface area (Å²) < 4.78 is 12.1. The standard InChI is InChI=1S/C37H46N2O/c1-16-14-15-27-28(16)32-30-22(7)17(2)19(4)23(8)33(30)38-26(11)25(10)37(12,40-13)39-34-24(9)20(5)18(3)21(6)29(34)31(27)36(39)35(32)38/h16,25-26H,14-15H2,1-13H3. The Labute approximate surface area is 239 Å². The van der Waals surface area contributed by atoms with Crippen LogP contribution < -0.4 is 0 Å². The molecule has 7 rings (SSSR count). The number of fused-ring (bicyclic) bond motifs is 9. The smallest absolute Gasteiger partial charge is 0.146 e. The third kappa shape index (κ3) is 2.63. The highest BCUT2D eigenvalue weighted by molar-refractivity contribution is 6.27. The first-order valence-corrected chi connectivity index (χ1v) is 15.4. The molecule has 3 nitrogen and oxygen atoms in total. The zero-order chi connectivity index (χ0) is 28.9. The van der Waals surface area contributed by atoms with Crippen molar-refractivity contribution in [2.75, 3.05) is 7.11 Å². The summed E-state index contributed by atoms with van der Waals surface area (Å²) in [6.45, 7) is 28.4. The van der Waals surface area contributed by atoms with Gasteiger partial charge in [0.2, 0.25) is 0 Å². The molecule has 0 fully saturated rings. The van der Waals surface area contributed by atoms with Crippen molar-refractivity contribution < 1.29 is 4.74 Å². The summed E-state index contributed by atoms with van der Waals surface area (Å²) in [6, 6.07) is 0.269. The molecule has 0 amide bonds. The quantitative estimate of drug-likeness (QED) is 0.209. The molecule has 3 heteroatoms. The van der Waals surface area contributed by atoms with Crippen LogP contribution in [0, 0.1) is 61.3 Å². The van der Waals surface area contributed by atoms with Crippen molar-refractivity contribution in [3.05, 3.63) is 55.6 Å². The van der Waals surface area contributed by atoms with Gasteiger partial charge in [-0.2, -0.15) is 0 Å². The monoisotopic (exact) mass is 534 g/mol. The van der Waals surface area contributed by atoms with E-state index >= 15 is 0 Å². The molecule has 2 aromatic heterocycles. The lowest BCUT2D eigenvalue weighted by Crippen LogP contribution is -2.41. The summed E-state index contributed by atoms with van der Waals surface area (Å²) in [7, 11) is 1.93. The molecule has 210 valence electrons. The lowest BCUT2D eigenvalue weighted by molar-refractivity contribution is -0.108. The Kier molecular flexibility index (Phi) is 5.19. The second-order valence-electron chi connectivity index (χ2n) is 13.7. The minimum atomic E-state index is -0.488. The molecule has 4 unspecified atom stereocenters. The zero-order valence-corrected chi connectivity index (χ0v) is 26.9. The van der Waals surface area contributed by atoms with Crippen molar-refractivity contribution in [3.63, 3.8) is 0 Å². The topological polar surface area (TPSA) is 19.1 Å². The van der Waals surface area contributed by atoms with Crippen LogP contribution in [0.5, 0.6) is 0 Å². The maximum atomic E-state index is 6.69. The number of methoxy groups -OCH3 is 1. The van der Waals surface area contributed by atoms with Crippen LogP contribution in [-0.4, -0.2) is 16.2 Å². The van der Waals surface area contributed by atoms with Crippen LogP contribution in [-0.2, 0) is 16.9 Å². The predicted molar refractivity (Wildman–Crippen MR) is 172 cm³/mol. The minimum Gasteiger partial charge on any atom is -0.358 e. The van der Waals surface area contributed by atoms with Crippen molar-refractivity contribution >= 4 is 43.6 Å². The third-order valence-electron chi connectivity index (χ3n) is 12.5. The summed E-state index contributed by atoms with van der Waals surface area (Å²) in [4.78, 5) is 0. The van der Waals surface area contributed by atoms with Crippen LogP contribution in [0.2, 0.25) is 0 Å². The fourth-order valence-corrected chi connectivity index (χ4v) is 9.08. The second-order valence-corrected chi connectivity index (χ2v) is 13.7. The number of rotatable bonds is 1. The van der Waals surface area contributed by atoms with E-state index in [2.05, 4.69) is 92.2 Å². The van der Waals surface area contributed by atoms with Crippen LogP contribution in [0.15, 0.2) is 0 Å². The zero-order valence-electron chi connectivity index (χ0n) is 26.9. The van der Waals surface area contributed by atoms with Gasteiger partial charge in [0, 0.05) is 40.6 Å². The summed E-state index contributed by atoms with van der Waals surface area (Å²) >= 11 is 0. The number of benzene rings is 3. The first-order valence-electron chi connectivity index (χ1n) is 15.4. The average molecular weight is 535 g/mol. The van der Waals surface area contributed by atoms with Gasteiger partial charge in [0.05, 0.1) is 22.1 Å². The highest BCUT2D eigenvalue weighted by atomic mass is 16.5. The molecule has 0 bridgehead atoms. The first kappa shape index (κ1) is 26.1. The normalized spacial score (nSPS) is 24.4. The van der Waals surface area contributed by atoms with Crippen LogP contribution in [0.1, 0.15) is 102 Å². The van der Waals surface area contributed by atoms with E-state index < -0.39 is 5.72 Å². The van der Waals surface area contributed by atoms with Crippen LogP contribution >= 0.6 is 0 Å². The van der Waals surface area contributed by atoms with E-state index in [1.54, 1.807) is 11.1 Å². The van der Waals surface area contributed by atoms with Gasteiger partial charge < -0.3 is 13.9 Å². The lowest BCUT2D eigenvalue weighted by atomic mass is 9.88. The molecule has 1 aliphatic heterocycles. The molecule has 0 saturated carbocycles. The lowest BCUT2D eigenvalue weighted by Gasteiger charge is -2.39. The number of hydrogen-bond acceptors (Lipinski definition) is 1. The Morgan fingerprint density at radius 3 is 1.73 bits per heavy atom. The Morgan fingerprint density at radius 1 is 0.625 bits per heavy atom. The predicted octanol–water partition coefficient (Wildman–Crippen LogP) is 9.95. The third-order valence-corrected chi connectivity index (χ3v) is 12.5. The van der Waals surface area contributed by atoms with Gasteiger partial charge in [0.25, 0.3) is 0 Å². The summed E-state index contributed by atoms with van der Waals surface area (Å²) in [5.41, 5.74) is 19.8. The molecule has 0 N–H and O–H groups in total. The van der Waals surface area contributed by atoms with Gasteiger partial charge in [-0.1, -0.05) is 13.8 Å². The van der Waals surface area contributed by atoms with E-state index in [1.807, 2.05) is 7.11 Å². The van der Waals surface area contributed by atoms with E-state index in [0.717, 1.165) is 6.42 Å². The molecule has 4 atom stereocenters. The van der Waals surface area contributed by atoms with Gasteiger partial charge in [0.1, 0.15) is 5.72 Å². The largest absolute Gasteiger partial charge is 0.358 e. The molecule has 0 spiro atoms. The van der Waals surface area contributed by atoms with Gasteiger partial charge in [0.15, 0.2) is 0 Å². The molecule has 3 aromatic carbocycles. The number of aromatic nitrogens is 2. The molecule has 0 radical (unpaired) electrons. The fraction of sp³-hybridized carbons (Fsp3) is 0.514. The van der Waals surface area contributed by atoms with E-state index in [1.165, 1.54) is 94.5 Å². The molecule has 3 heterocycles. The highest BCUT2D eigenvalue weighted by Crippen LogP contribution is 2.57. The Hall–Kier alpha value is -2.78. The summed E-state index contributed by atoms with van der Waals surface area (Å²) in [6.07, 6.45) is 2.37. The SMILES string of the molecule is COC1(C)C(C)C(C)n2c3c(C)c(C)c(C)c(C)c3c3c4c(c5c6c(C)c(C)c(C)c(C)c6n1c5c32)CCC4C. The van der Waals surface area contributed by atoms with Crippen LogP contribution in [0.25, 0.3) is 43.6 Å². The van der Waals surface area contributed by atoms with E-state index in [4.69, 9.17) is 4.74 Å². The molecule has 2 aliphatic rings. The maximum Gasteiger partial charge on any atom is 0.146 e. The molecule has 5 aromatic rings. The van der Waals surface area contributed by atoms with Crippen molar-refractivity contribution in [2.24, 2.45) is 5.92 Å². The second kappa shape index (κ2) is 7.94. The number of ether oxygens (including phenoxy) is 1. The number of nitrogens with zero attached hydrogens (tertiary/aromatic N) is 2. The molecule has 0 saturated heterocycles. The average Bonchev–Trinajstić information content (AvgIpc) is 3.59. The van der Waals surface area contributed by atoms with Crippen molar-refractivity contribution in [2.45, 2.75) is 114 Å². The Balaban J connectivity index is 1.98. The van der Waals surface area contributed by atoms with Gasteiger partial charge in [-0.15, -0.1) is 0 Å². The molecular weight excluding hydrogens is 488 g/mol. The van der Waals surface area contributed by atoms with Gasteiger partial charge in [-0.3, -0.25) is 0 Å². The van der Waals surface area contributed by atoms with Crippen molar-refractivity contribution in [1.82, 2.24) is 9.13 Å². The minimum absolute atomic E-state index is 0.248. The molecule has 40 heavy (non-hydrogen) atoms. The van der Waals surface area contributed by atoms with Crippen LogP contribution in [0.3, 0.4) is 0 Å². The molecule has 1 aliphatic carbocycles. The first-order chi connectivity index (χ1) is 18.8. The highest BCUT2D eigenvalue weighted by Gasteiger charge is 2.46. The van der Waals surface area contributed by atoms with E-state index in [0.29, 0.717) is 5.92 Å². The van der Waals surface area contributed by atoms with Gasteiger partial charge >= 0.3 is 0 Å². The number of hydrogen-bond donors (Lipinski definition) is 0. The van der Waals surface area contributed by atoms with E-state index in [9.17, 15) is 0 Å². The van der Waals surface area contributed by atoms with Gasteiger partial charge in [-0.25, -0.2) is 0 Å². The summed E-state index contributed by atoms with van der Waals surface area (Å²) in [5, 5.41) is 5.99. The fourth-order valence-electron chi connectivity index (χ4n) is 9.08. The molecular formula is C37H46N2O. The number of aryl methyl sites for hydroxylation is 5. The van der Waals surface area contributed by atoms with Crippen molar-refractivity contribution in [3.8, 4) is 0 Å². The Morgan fingerprint density at radius 2 is 1.15 bits per heavy atom.